The van der Waals surface area contributed by atoms with Gasteiger partial charge < -0.3 is 9.47 Å². The second-order valence-corrected chi connectivity index (χ2v) is 6.02. The first-order valence-corrected chi connectivity index (χ1v) is 7.91. The average Bonchev–Trinajstić information content (AvgIpc) is 2.34. The van der Waals surface area contributed by atoms with Gasteiger partial charge in [0.1, 0.15) is 5.44 Å². The molecule has 1 aliphatic heterocycles. The maximum Gasteiger partial charge on any atom is 0.315 e. The van der Waals surface area contributed by atoms with Crippen LogP contribution in [0.2, 0.25) is 0 Å². The quantitative estimate of drug-likeness (QED) is 0.521. The molecule has 0 spiro atoms. The van der Waals surface area contributed by atoms with Crippen molar-refractivity contribution in [1.29, 1.82) is 0 Å². The van der Waals surface area contributed by atoms with Gasteiger partial charge in [0.15, 0.2) is 0 Å². The maximum atomic E-state index is 10.8. The van der Waals surface area contributed by atoms with E-state index in [1.807, 2.05) is 11.8 Å². The fraction of sp³-hybridized carbons (Fsp3) is 0.909. The minimum atomic E-state index is -0.131. The molecule has 1 atom stereocenters. The van der Waals surface area contributed by atoms with Gasteiger partial charge in [-0.15, -0.1) is 11.8 Å². The number of hydrogen-bond acceptors (Lipinski definition) is 5. The van der Waals surface area contributed by atoms with E-state index in [0.717, 1.165) is 24.5 Å². The van der Waals surface area contributed by atoms with Gasteiger partial charge in [-0.25, -0.2) is 0 Å². The standard InChI is InChI=1S/C11H20O3S2/c1-13-10(12)9-15-7-4-8-16-11-5-2-3-6-14-11/h11H,2-9H2,1H3. The summed E-state index contributed by atoms with van der Waals surface area (Å²) in [6.07, 6.45) is 4.84. The summed E-state index contributed by atoms with van der Waals surface area (Å²) in [6, 6.07) is 0. The minimum absolute atomic E-state index is 0.131. The van der Waals surface area contributed by atoms with Crippen LogP contribution in [0.15, 0.2) is 0 Å². The van der Waals surface area contributed by atoms with E-state index in [1.54, 1.807) is 11.8 Å². The Morgan fingerprint density at radius 2 is 2.31 bits per heavy atom. The Hall–Kier alpha value is 0.130. The molecular weight excluding hydrogens is 244 g/mol. The molecule has 0 aliphatic carbocycles. The number of carbonyl (C=O) groups is 1. The number of rotatable bonds is 7. The SMILES string of the molecule is COC(=O)CSCCCSC1CCCCO1. The van der Waals surface area contributed by atoms with E-state index < -0.39 is 0 Å². The predicted molar refractivity (Wildman–Crippen MR) is 70.0 cm³/mol. The molecule has 1 fully saturated rings. The summed E-state index contributed by atoms with van der Waals surface area (Å²) < 4.78 is 10.2. The third-order valence-corrected chi connectivity index (χ3v) is 4.61. The van der Waals surface area contributed by atoms with Crippen molar-refractivity contribution in [3.8, 4) is 0 Å². The van der Waals surface area contributed by atoms with Crippen molar-refractivity contribution in [2.75, 3.05) is 31.0 Å². The van der Waals surface area contributed by atoms with Gasteiger partial charge >= 0.3 is 5.97 Å². The lowest BCUT2D eigenvalue weighted by Crippen LogP contribution is -2.15. The van der Waals surface area contributed by atoms with Crippen LogP contribution >= 0.6 is 23.5 Å². The van der Waals surface area contributed by atoms with Gasteiger partial charge in [-0.05, 0) is 37.2 Å². The van der Waals surface area contributed by atoms with Crippen LogP contribution in [0.4, 0.5) is 0 Å². The Bertz CT molecular complexity index is 194. The third-order valence-electron chi connectivity index (χ3n) is 2.32. The Balaban J connectivity index is 1.85. The molecule has 1 unspecified atom stereocenters. The highest BCUT2D eigenvalue weighted by atomic mass is 32.2. The van der Waals surface area contributed by atoms with Crippen molar-refractivity contribution >= 4 is 29.5 Å². The van der Waals surface area contributed by atoms with E-state index in [0.29, 0.717) is 11.2 Å². The molecule has 0 aromatic rings. The molecule has 1 rings (SSSR count). The lowest BCUT2D eigenvalue weighted by atomic mass is 10.2. The molecule has 0 saturated carbocycles. The number of ether oxygens (including phenoxy) is 2. The predicted octanol–water partition coefficient (Wildman–Crippen LogP) is 2.54. The summed E-state index contributed by atoms with van der Waals surface area (Å²) in [6.45, 7) is 0.925. The number of carbonyl (C=O) groups excluding carboxylic acids is 1. The molecule has 16 heavy (non-hydrogen) atoms. The summed E-state index contributed by atoms with van der Waals surface area (Å²) in [5.41, 5.74) is 0.416. The molecule has 5 heteroatoms. The van der Waals surface area contributed by atoms with Crippen LogP contribution in [0.1, 0.15) is 25.7 Å². The molecule has 0 aromatic heterocycles. The Morgan fingerprint density at radius 3 is 3.00 bits per heavy atom. The van der Waals surface area contributed by atoms with Gasteiger partial charge in [-0.1, -0.05) is 0 Å². The number of methoxy groups -OCH3 is 1. The number of esters is 1. The molecule has 3 nitrogen and oxygen atoms in total. The van der Waals surface area contributed by atoms with Crippen LogP contribution in [0, 0.1) is 0 Å². The van der Waals surface area contributed by atoms with E-state index in [9.17, 15) is 4.79 Å². The average molecular weight is 264 g/mol. The van der Waals surface area contributed by atoms with Gasteiger partial charge in [0.05, 0.1) is 12.9 Å². The van der Waals surface area contributed by atoms with Crippen LogP contribution in [-0.4, -0.2) is 42.4 Å². The zero-order valence-corrected chi connectivity index (χ0v) is 11.4. The highest BCUT2D eigenvalue weighted by Gasteiger charge is 2.13. The van der Waals surface area contributed by atoms with Gasteiger partial charge in [0, 0.05) is 6.61 Å². The van der Waals surface area contributed by atoms with Crippen molar-refractivity contribution < 1.29 is 14.3 Å². The second kappa shape index (κ2) is 9.19. The fourth-order valence-electron chi connectivity index (χ4n) is 1.43. The van der Waals surface area contributed by atoms with Crippen molar-refractivity contribution in [2.45, 2.75) is 31.1 Å². The summed E-state index contributed by atoms with van der Waals surface area (Å²) in [5.74, 6) is 2.49. The van der Waals surface area contributed by atoms with E-state index >= 15 is 0 Å². The number of thioether (sulfide) groups is 2. The summed E-state index contributed by atoms with van der Waals surface area (Å²) in [4.78, 5) is 10.8. The van der Waals surface area contributed by atoms with E-state index in [-0.39, 0.29) is 5.97 Å². The van der Waals surface area contributed by atoms with Crippen LogP contribution in [0.25, 0.3) is 0 Å². The Kier molecular flexibility index (Phi) is 8.15. The van der Waals surface area contributed by atoms with Crippen LogP contribution in [-0.2, 0) is 14.3 Å². The van der Waals surface area contributed by atoms with Crippen molar-refractivity contribution in [3.63, 3.8) is 0 Å². The molecule has 1 saturated heterocycles. The third kappa shape index (κ3) is 6.66. The van der Waals surface area contributed by atoms with E-state index in [4.69, 9.17) is 4.74 Å². The molecule has 0 bridgehead atoms. The summed E-state index contributed by atoms with van der Waals surface area (Å²) in [7, 11) is 1.43. The largest absolute Gasteiger partial charge is 0.468 e. The topological polar surface area (TPSA) is 35.5 Å². The lowest BCUT2D eigenvalue weighted by molar-refractivity contribution is -0.137. The highest BCUT2D eigenvalue weighted by Crippen LogP contribution is 2.24. The van der Waals surface area contributed by atoms with Gasteiger partial charge in [0.25, 0.3) is 0 Å². The van der Waals surface area contributed by atoms with Crippen LogP contribution in [0.3, 0.4) is 0 Å². The molecule has 94 valence electrons. The molecular formula is C11H20O3S2. The second-order valence-electron chi connectivity index (χ2n) is 3.65. The van der Waals surface area contributed by atoms with Gasteiger partial charge in [0.2, 0.25) is 0 Å². The van der Waals surface area contributed by atoms with Crippen molar-refractivity contribution in [2.24, 2.45) is 0 Å². The van der Waals surface area contributed by atoms with E-state index in [2.05, 4.69) is 4.74 Å². The summed E-state index contributed by atoms with van der Waals surface area (Å²) >= 11 is 3.55. The highest BCUT2D eigenvalue weighted by molar-refractivity contribution is 8.00. The van der Waals surface area contributed by atoms with Crippen molar-refractivity contribution in [1.82, 2.24) is 0 Å². The van der Waals surface area contributed by atoms with Crippen molar-refractivity contribution in [3.05, 3.63) is 0 Å². The zero-order valence-electron chi connectivity index (χ0n) is 9.78. The monoisotopic (exact) mass is 264 g/mol. The van der Waals surface area contributed by atoms with Gasteiger partial charge in [-0.3, -0.25) is 4.79 Å². The molecule has 0 amide bonds. The number of hydrogen-bond donors (Lipinski definition) is 0. The van der Waals surface area contributed by atoms with Crippen LogP contribution < -0.4 is 0 Å². The van der Waals surface area contributed by atoms with Crippen LogP contribution in [0.5, 0.6) is 0 Å². The first kappa shape index (κ1) is 14.2. The maximum absolute atomic E-state index is 10.8. The molecule has 0 radical (unpaired) electrons. The Labute approximate surface area is 106 Å². The zero-order chi connectivity index (χ0) is 11.6. The molecule has 1 heterocycles. The summed E-state index contributed by atoms with van der Waals surface area (Å²) in [5, 5.41) is 0. The molecule has 1 aliphatic rings. The fourth-order valence-corrected chi connectivity index (χ4v) is 3.49. The first-order chi connectivity index (χ1) is 7.83. The molecule has 0 N–H and O–H groups in total. The molecule has 0 aromatic carbocycles. The smallest absolute Gasteiger partial charge is 0.315 e. The van der Waals surface area contributed by atoms with Gasteiger partial charge in [-0.2, -0.15) is 11.8 Å². The van der Waals surface area contributed by atoms with E-state index in [1.165, 1.54) is 26.4 Å². The Morgan fingerprint density at radius 1 is 1.44 bits per heavy atom. The first-order valence-electron chi connectivity index (χ1n) is 5.70. The lowest BCUT2D eigenvalue weighted by Gasteiger charge is -2.21. The normalized spacial score (nSPS) is 20.7. The minimum Gasteiger partial charge on any atom is -0.468 e.